The second-order valence-corrected chi connectivity index (χ2v) is 5.78. The minimum absolute atomic E-state index is 0.718. The van der Waals surface area contributed by atoms with Crippen molar-refractivity contribution in [3.05, 3.63) is 89.3 Å². The molecule has 0 saturated heterocycles. The van der Waals surface area contributed by atoms with Crippen molar-refractivity contribution in [1.82, 2.24) is 14.5 Å². The molecule has 0 N–H and O–H groups in total. The number of hydrogen-bond donors (Lipinski definition) is 0. The Hall–Kier alpha value is -2.65. The summed E-state index contributed by atoms with van der Waals surface area (Å²) in [7, 11) is 0. The second-order valence-electron chi connectivity index (χ2n) is 5.35. The molecule has 0 unspecified atom stereocenters. The Balaban J connectivity index is 1.89. The maximum atomic E-state index is 6.02. The molecule has 2 aromatic carbocycles. The third-order valence-electron chi connectivity index (χ3n) is 3.78. The number of halogens is 1. The smallest absolute Gasteiger partial charge is 0.164 e. The van der Waals surface area contributed by atoms with Crippen LogP contribution in [-0.4, -0.2) is 14.5 Å². The van der Waals surface area contributed by atoms with E-state index in [2.05, 4.69) is 21.7 Å². The summed E-state index contributed by atoms with van der Waals surface area (Å²) in [4.78, 5) is 9.28. The predicted molar refractivity (Wildman–Crippen MR) is 93.1 cm³/mol. The largest absolute Gasteiger partial charge is 0.280 e. The summed E-state index contributed by atoms with van der Waals surface area (Å²) in [6, 6.07) is 22.0. The summed E-state index contributed by atoms with van der Waals surface area (Å²) in [5.41, 5.74) is 3.99. The van der Waals surface area contributed by atoms with Crippen molar-refractivity contribution in [2.45, 2.75) is 6.42 Å². The molecule has 0 saturated carbocycles. The molecule has 2 heterocycles. The van der Waals surface area contributed by atoms with Crippen LogP contribution in [0.1, 0.15) is 11.4 Å². The molecule has 0 aliphatic rings. The third kappa shape index (κ3) is 2.71. The van der Waals surface area contributed by atoms with Gasteiger partial charge in [0.15, 0.2) is 5.65 Å². The van der Waals surface area contributed by atoms with E-state index in [0.717, 1.165) is 34.1 Å². The second kappa shape index (κ2) is 5.86. The molecule has 0 amide bonds. The van der Waals surface area contributed by atoms with Crippen LogP contribution in [0.3, 0.4) is 0 Å². The first-order valence-electron chi connectivity index (χ1n) is 7.43. The van der Waals surface area contributed by atoms with Crippen LogP contribution in [0.2, 0.25) is 5.02 Å². The first kappa shape index (κ1) is 14.0. The van der Waals surface area contributed by atoms with E-state index < -0.39 is 0 Å². The fourth-order valence-electron chi connectivity index (χ4n) is 2.72. The number of hydrogen-bond acceptors (Lipinski definition) is 2. The lowest BCUT2D eigenvalue weighted by Crippen LogP contribution is -2.03. The molecule has 0 atom stereocenters. The lowest BCUT2D eigenvalue weighted by atomic mass is 10.1. The zero-order valence-corrected chi connectivity index (χ0v) is 13.1. The lowest BCUT2D eigenvalue weighted by Gasteiger charge is -2.09. The molecule has 4 heteroatoms. The lowest BCUT2D eigenvalue weighted by molar-refractivity contribution is 0.924. The maximum absolute atomic E-state index is 6.02. The van der Waals surface area contributed by atoms with Crippen LogP contribution in [-0.2, 0) is 6.42 Å². The maximum Gasteiger partial charge on any atom is 0.164 e. The van der Waals surface area contributed by atoms with Gasteiger partial charge in [-0.25, -0.2) is 9.97 Å². The number of nitrogens with zero attached hydrogens (tertiary/aromatic N) is 3. The Bertz CT molecular complexity index is 943. The number of aromatic nitrogens is 3. The van der Waals surface area contributed by atoms with E-state index in [1.165, 1.54) is 5.56 Å². The molecule has 4 aromatic rings. The SMILES string of the molecule is Clc1ccc(-n2c(Cc3ccccc3)nc3cccnc32)cc1. The number of benzene rings is 2. The molecular weight excluding hydrogens is 306 g/mol. The average molecular weight is 320 g/mol. The molecular formula is C19H14ClN3. The van der Waals surface area contributed by atoms with Gasteiger partial charge in [-0.3, -0.25) is 4.57 Å². The minimum Gasteiger partial charge on any atom is -0.280 e. The fraction of sp³-hybridized carbons (Fsp3) is 0.0526. The molecule has 0 aliphatic heterocycles. The molecule has 0 spiro atoms. The monoisotopic (exact) mass is 319 g/mol. The predicted octanol–water partition coefficient (Wildman–Crippen LogP) is 4.66. The number of pyridine rings is 1. The summed E-state index contributed by atoms with van der Waals surface area (Å²) in [5, 5.41) is 0.718. The Morgan fingerprint density at radius 3 is 2.43 bits per heavy atom. The van der Waals surface area contributed by atoms with Gasteiger partial charge in [-0.1, -0.05) is 41.9 Å². The van der Waals surface area contributed by atoms with E-state index in [9.17, 15) is 0 Å². The Labute approximate surface area is 139 Å². The van der Waals surface area contributed by atoms with Crippen molar-refractivity contribution in [3.8, 4) is 5.69 Å². The standard InChI is InChI=1S/C19H14ClN3/c20-15-8-10-16(11-9-15)23-18(13-14-5-2-1-3-6-14)22-17-7-4-12-21-19(17)23/h1-12H,13H2. The highest BCUT2D eigenvalue weighted by molar-refractivity contribution is 6.30. The van der Waals surface area contributed by atoms with Gasteiger partial charge in [0.1, 0.15) is 11.3 Å². The van der Waals surface area contributed by atoms with Crippen LogP contribution in [0, 0.1) is 0 Å². The number of rotatable bonds is 3. The first-order chi connectivity index (χ1) is 11.3. The molecule has 0 aliphatic carbocycles. The minimum atomic E-state index is 0.718. The van der Waals surface area contributed by atoms with Gasteiger partial charge in [0.2, 0.25) is 0 Å². The zero-order valence-electron chi connectivity index (χ0n) is 12.4. The van der Waals surface area contributed by atoms with E-state index in [1.54, 1.807) is 6.20 Å². The van der Waals surface area contributed by atoms with Gasteiger partial charge in [-0.15, -0.1) is 0 Å². The van der Waals surface area contributed by atoms with Gasteiger partial charge in [-0.2, -0.15) is 0 Å². The quantitative estimate of drug-likeness (QED) is 0.549. The van der Waals surface area contributed by atoms with Crippen LogP contribution in [0.25, 0.3) is 16.9 Å². The number of imidazole rings is 1. The van der Waals surface area contributed by atoms with Gasteiger partial charge < -0.3 is 0 Å². The van der Waals surface area contributed by atoms with E-state index >= 15 is 0 Å². The van der Waals surface area contributed by atoms with E-state index in [4.69, 9.17) is 16.6 Å². The average Bonchev–Trinajstić information content (AvgIpc) is 2.94. The molecule has 23 heavy (non-hydrogen) atoms. The normalized spacial score (nSPS) is 11.0. The molecule has 112 valence electrons. The summed E-state index contributed by atoms with van der Waals surface area (Å²) in [6.07, 6.45) is 2.54. The van der Waals surface area contributed by atoms with Gasteiger partial charge in [0.25, 0.3) is 0 Å². The van der Waals surface area contributed by atoms with Gasteiger partial charge in [0.05, 0.1) is 0 Å². The third-order valence-corrected chi connectivity index (χ3v) is 4.03. The Morgan fingerprint density at radius 1 is 0.870 bits per heavy atom. The highest BCUT2D eigenvalue weighted by Gasteiger charge is 2.13. The highest BCUT2D eigenvalue weighted by atomic mass is 35.5. The topological polar surface area (TPSA) is 30.7 Å². The van der Waals surface area contributed by atoms with Crippen LogP contribution < -0.4 is 0 Å². The van der Waals surface area contributed by atoms with E-state index in [-0.39, 0.29) is 0 Å². The molecule has 0 bridgehead atoms. The number of fused-ring (bicyclic) bond motifs is 1. The van der Waals surface area contributed by atoms with Crippen molar-refractivity contribution in [1.29, 1.82) is 0 Å². The molecule has 2 aromatic heterocycles. The zero-order chi connectivity index (χ0) is 15.6. The van der Waals surface area contributed by atoms with Crippen molar-refractivity contribution < 1.29 is 0 Å². The van der Waals surface area contributed by atoms with Crippen molar-refractivity contribution in [2.24, 2.45) is 0 Å². The molecule has 3 nitrogen and oxygen atoms in total. The first-order valence-corrected chi connectivity index (χ1v) is 7.81. The van der Waals surface area contributed by atoms with E-state index in [0.29, 0.717) is 0 Å². The van der Waals surface area contributed by atoms with Gasteiger partial charge in [0, 0.05) is 23.3 Å². The fourth-order valence-corrected chi connectivity index (χ4v) is 2.84. The highest BCUT2D eigenvalue weighted by Crippen LogP contribution is 2.23. The van der Waals surface area contributed by atoms with Crippen LogP contribution >= 0.6 is 11.6 Å². The van der Waals surface area contributed by atoms with Crippen LogP contribution in [0.4, 0.5) is 0 Å². The summed E-state index contributed by atoms with van der Waals surface area (Å²) in [6.45, 7) is 0. The van der Waals surface area contributed by atoms with Gasteiger partial charge in [-0.05, 0) is 42.0 Å². The Kier molecular flexibility index (Phi) is 3.56. The molecule has 4 rings (SSSR count). The summed E-state index contributed by atoms with van der Waals surface area (Å²) in [5.74, 6) is 0.965. The van der Waals surface area contributed by atoms with Crippen molar-refractivity contribution >= 4 is 22.8 Å². The Morgan fingerprint density at radius 2 is 1.65 bits per heavy atom. The molecule has 0 fully saturated rings. The molecule has 0 radical (unpaired) electrons. The van der Waals surface area contributed by atoms with Crippen molar-refractivity contribution in [2.75, 3.05) is 0 Å². The summed E-state index contributed by atoms with van der Waals surface area (Å²) >= 11 is 6.02. The van der Waals surface area contributed by atoms with Gasteiger partial charge >= 0.3 is 0 Å². The van der Waals surface area contributed by atoms with Crippen LogP contribution in [0.15, 0.2) is 72.9 Å². The van der Waals surface area contributed by atoms with E-state index in [1.807, 2.05) is 54.6 Å². The summed E-state index contributed by atoms with van der Waals surface area (Å²) < 4.78 is 2.10. The van der Waals surface area contributed by atoms with Crippen LogP contribution in [0.5, 0.6) is 0 Å². The van der Waals surface area contributed by atoms with Crippen molar-refractivity contribution in [3.63, 3.8) is 0 Å².